The summed E-state index contributed by atoms with van der Waals surface area (Å²) in [5.74, 6) is -1.38. The summed E-state index contributed by atoms with van der Waals surface area (Å²) < 4.78 is 29.5. The monoisotopic (exact) mass is 475 g/mol. The Morgan fingerprint density at radius 3 is 2.55 bits per heavy atom. The van der Waals surface area contributed by atoms with Crippen LogP contribution in [-0.4, -0.2) is 38.7 Å². The fraction of sp³-hybridized carbons (Fsp3) is 0.143. The van der Waals surface area contributed by atoms with Crippen molar-refractivity contribution in [2.45, 2.75) is 6.04 Å². The van der Waals surface area contributed by atoms with Gasteiger partial charge in [0.15, 0.2) is 16.4 Å². The number of hydrogen-bond donors (Lipinski definition) is 0. The molecule has 0 bridgehead atoms. The second kappa shape index (κ2) is 9.19. The van der Waals surface area contributed by atoms with Gasteiger partial charge in [-0.3, -0.25) is 4.79 Å². The molecule has 150 valence electrons. The van der Waals surface area contributed by atoms with Gasteiger partial charge in [-0.2, -0.15) is 0 Å². The highest BCUT2D eigenvalue weighted by Crippen LogP contribution is 2.22. The summed E-state index contributed by atoms with van der Waals surface area (Å²) >= 11 is 3.35. The number of amides is 1. The van der Waals surface area contributed by atoms with E-state index < -0.39 is 34.4 Å². The summed E-state index contributed by atoms with van der Waals surface area (Å²) in [6, 6.07) is 15.4. The number of carbonyl (C=O) groups is 2. The largest absolute Gasteiger partial charge is 0.452 e. The van der Waals surface area contributed by atoms with Crippen LogP contribution in [0.3, 0.4) is 0 Å². The van der Waals surface area contributed by atoms with E-state index in [-0.39, 0.29) is 5.75 Å². The summed E-state index contributed by atoms with van der Waals surface area (Å²) in [6.07, 6.45) is 4.29. The van der Waals surface area contributed by atoms with Crippen LogP contribution < -0.4 is 4.90 Å². The number of anilines is 1. The third kappa shape index (κ3) is 5.88. The molecular formula is C21H18BrNO5S. The zero-order valence-corrected chi connectivity index (χ0v) is 17.7. The Labute approximate surface area is 177 Å². The lowest BCUT2D eigenvalue weighted by molar-refractivity contribution is -0.143. The second-order valence-electron chi connectivity index (χ2n) is 6.32. The average Bonchev–Trinajstić information content (AvgIpc) is 3.05. The van der Waals surface area contributed by atoms with Gasteiger partial charge in [0.05, 0.1) is 11.8 Å². The zero-order valence-electron chi connectivity index (χ0n) is 15.3. The molecule has 1 atom stereocenters. The van der Waals surface area contributed by atoms with E-state index in [1.54, 1.807) is 36.4 Å². The van der Waals surface area contributed by atoms with Crippen LogP contribution >= 0.6 is 15.9 Å². The maximum Gasteiger partial charge on any atom is 0.331 e. The summed E-state index contributed by atoms with van der Waals surface area (Å²) in [4.78, 5) is 26.1. The normalized spacial score (nSPS) is 17.3. The first-order valence-corrected chi connectivity index (χ1v) is 11.2. The first-order valence-electron chi connectivity index (χ1n) is 8.72. The van der Waals surface area contributed by atoms with Gasteiger partial charge < -0.3 is 9.64 Å². The van der Waals surface area contributed by atoms with Crippen molar-refractivity contribution in [2.75, 3.05) is 17.3 Å². The third-order valence-corrected chi connectivity index (χ3v) is 6.02. The van der Waals surface area contributed by atoms with Gasteiger partial charge in [0, 0.05) is 21.6 Å². The van der Waals surface area contributed by atoms with Gasteiger partial charge in [0.1, 0.15) is 0 Å². The standard InChI is InChI=1S/C21H18BrNO5S/c22-17-6-4-5-16(13-17)9-10-21(25)28-14-20(24)23(18-7-2-1-3-8-18)19-11-12-29(26,27)15-19/h1-13,19H,14-15H2/b10-9+. The summed E-state index contributed by atoms with van der Waals surface area (Å²) in [6.45, 7) is -0.499. The molecule has 0 fully saturated rings. The lowest BCUT2D eigenvalue weighted by Gasteiger charge is -2.27. The van der Waals surface area contributed by atoms with E-state index in [1.807, 2.05) is 24.3 Å². The number of benzene rings is 2. The van der Waals surface area contributed by atoms with Crippen LogP contribution in [0.2, 0.25) is 0 Å². The van der Waals surface area contributed by atoms with Crippen LogP contribution in [0.5, 0.6) is 0 Å². The van der Waals surface area contributed by atoms with Gasteiger partial charge in [-0.15, -0.1) is 0 Å². The average molecular weight is 476 g/mol. The molecule has 1 amide bonds. The van der Waals surface area contributed by atoms with Crippen LogP contribution in [0.1, 0.15) is 5.56 Å². The molecular weight excluding hydrogens is 458 g/mol. The Morgan fingerprint density at radius 2 is 1.90 bits per heavy atom. The second-order valence-corrected chi connectivity index (χ2v) is 9.17. The van der Waals surface area contributed by atoms with Crippen molar-refractivity contribution in [1.82, 2.24) is 0 Å². The highest BCUT2D eigenvalue weighted by Gasteiger charge is 2.31. The van der Waals surface area contributed by atoms with Gasteiger partial charge >= 0.3 is 5.97 Å². The minimum Gasteiger partial charge on any atom is -0.452 e. The van der Waals surface area contributed by atoms with Crippen LogP contribution in [0.4, 0.5) is 5.69 Å². The lowest BCUT2D eigenvalue weighted by atomic mass is 10.2. The molecule has 2 aromatic rings. The van der Waals surface area contributed by atoms with E-state index in [1.165, 1.54) is 17.1 Å². The highest BCUT2D eigenvalue weighted by molar-refractivity contribution is 9.10. The molecule has 0 N–H and O–H groups in total. The first kappa shape index (κ1) is 21.0. The fourth-order valence-electron chi connectivity index (χ4n) is 2.85. The van der Waals surface area contributed by atoms with E-state index in [2.05, 4.69) is 15.9 Å². The lowest BCUT2D eigenvalue weighted by Crippen LogP contribution is -2.43. The first-order chi connectivity index (χ1) is 13.8. The van der Waals surface area contributed by atoms with Crippen LogP contribution in [0.25, 0.3) is 6.08 Å². The van der Waals surface area contributed by atoms with Crippen molar-refractivity contribution >= 4 is 49.4 Å². The van der Waals surface area contributed by atoms with Gasteiger partial charge in [0.25, 0.3) is 5.91 Å². The molecule has 0 saturated carbocycles. The Morgan fingerprint density at radius 1 is 1.14 bits per heavy atom. The fourth-order valence-corrected chi connectivity index (χ4v) is 4.54. The maximum atomic E-state index is 12.8. The number of sulfone groups is 1. The predicted molar refractivity (Wildman–Crippen MR) is 115 cm³/mol. The molecule has 0 spiro atoms. The molecule has 6 nitrogen and oxygen atoms in total. The summed E-state index contributed by atoms with van der Waals surface area (Å²) in [5, 5.41) is 1.10. The van der Waals surface area contributed by atoms with E-state index >= 15 is 0 Å². The molecule has 8 heteroatoms. The Bertz CT molecular complexity index is 1060. The van der Waals surface area contributed by atoms with E-state index in [9.17, 15) is 18.0 Å². The van der Waals surface area contributed by atoms with Gasteiger partial charge in [-0.05, 0) is 42.0 Å². The van der Waals surface area contributed by atoms with Gasteiger partial charge in [-0.1, -0.05) is 46.3 Å². The van der Waals surface area contributed by atoms with Crippen LogP contribution in [0, 0.1) is 0 Å². The van der Waals surface area contributed by atoms with Crippen LogP contribution in [-0.2, 0) is 24.2 Å². The summed E-state index contributed by atoms with van der Waals surface area (Å²) in [7, 11) is -3.35. The molecule has 0 radical (unpaired) electrons. The third-order valence-electron chi connectivity index (χ3n) is 4.14. The Kier molecular flexibility index (Phi) is 6.66. The smallest absolute Gasteiger partial charge is 0.331 e. The Hall–Kier alpha value is -2.71. The number of rotatable bonds is 6. The molecule has 2 aromatic carbocycles. The van der Waals surface area contributed by atoms with Gasteiger partial charge in [0.2, 0.25) is 0 Å². The van der Waals surface area contributed by atoms with E-state index in [0.717, 1.165) is 15.4 Å². The van der Waals surface area contributed by atoms with Crippen molar-refractivity contribution in [1.29, 1.82) is 0 Å². The Balaban J connectivity index is 1.67. The van der Waals surface area contributed by atoms with Gasteiger partial charge in [-0.25, -0.2) is 13.2 Å². The van der Waals surface area contributed by atoms with Crippen molar-refractivity contribution in [3.63, 3.8) is 0 Å². The number of halogens is 1. The summed E-state index contributed by atoms with van der Waals surface area (Å²) in [5.41, 5.74) is 1.33. The van der Waals surface area contributed by atoms with Crippen molar-refractivity contribution < 1.29 is 22.7 Å². The molecule has 29 heavy (non-hydrogen) atoms. The molecule has 1 aliphatic rings. The van der Waals surface area contributed by atoms with Crippen molar-refractivity contribution in [3.05, 3.63) is 82.2 Å². The minimum absolute atomic E-state index is 0.204. The van der Waals surface area contributed by atoms with Crippen LogP contribution in [0.15, 0.2) is 76.6 Å². The number of ether oxygens (including phenoxy) is 1. The molecule has 1 heterocycles. The quantitative estimate of drug-likeness (QED) is 0.472. The predicted octanol–water partition coefficient (Wildman–Crippen LogP) is 3.35. The molecule has 0 aliphatic carbocycles. The minimum atomic E-state index is -3.35. The number of esters is 1. The maximum absolute atomic E-state index is 12.8. The number of nitrogens with zero attached hydrogens (tertiary/aromatic N) is 1. The number of carbonyl (C=O) groups excluding carboxylic acids is 2. The SMILES string of the molecule is O=C(/C=C/c1cccc(Br)c1)OCC(=O)N(c1ccccc1)C1C=CS(=O)(=O)C1. The molecule has 0 aromatic heterocycles. The topological polar surface area (TPSA) is 80.8 Å². The molecule has 3 rings (SSSR count). The molecule has 1 aliphatic heterocycles. The van der Waals surface area contributed by atoms with E-state index in [0.29, 0.717) is 5.69 Å². The van der Waals surface area contributed by atoms with E-state index in [4.69, 9.17) is 4.74 Å². The zero-order chi connectivity index (χ0) is 20.9. The number of hydrogen-bond acceptors (Lipinski definition) is 5. The van der Waals surface area contributed by atoms with Crippen molar-refractivity contribution in [2.24, 2.45) is 0 Å². The molecule has 0 saturated heterocycles. The highest BCUT2D eigenvalue weighted by atomic mass is 79.9. The molecule has 1 unspecified atom stereocenters. The van der Waals surface area contributed by atoms with Crippen molar-refractivity contribution in [3.8, 4) is 0 Å². The number of para-hydroxylation sites is 1.